The van der Waals surface area contributed by atoms with Gasteiger partial charge < -0.3 is 10.6 Å². The van der Waals surface area contributed by atoms with Crippen molar-refractivity contribution in [1.82, 2.24) is 19.7 Å². The SMILES string of the molecule is Brc1ccc(Nc2nc(C3CCNCC3)ns2)nc1. The molecule has 0 aliphatic carbocycles. The average molecular weight is 340 g/mol. The molecule has 0 spiro atoms. The number of aromatic nitrogens is 3. The molecule has 19 heavy (non-hydrogen) atoms. The lowest BCUT2D eigenvalue weighted by Crippen LogP contribution is -2.27. The maximum atomic E-state index is 4.57. The van der Waals surface area contributed by atoms with Gasteiger partial charge in [-0.05, 0) is 54.0 Å². The van der Waals surface area contributed by atoms with Crippen molar-refractivity contribution in [3.05, 3.63) is 28.6 Å². The van der Waals surface area contributed by atoms with E-state index in [1.54, 1.807) is 6.20 Å². The van der Waals surface area contributed by atoms with E-state index in [1.165, 1.54) is 11.5 Å². The summed E-state index contributed by atoms with van der Waals surface area (Å²) in [5.41, 5.74) is 0. The summed E-state index contributed by atoms with van der Waals surface area (Å²) in [5.74, 6) is 2.24. The first-order valence-electron chi connectivity index (χ1n) is 6.24. The first-order chi connectivity index (χ1) is 9.31. The van der Waals surface area contributed by atoms with Gasteiger partial charge in [-0.1, -0.05) is 0 Å². The molecule has 0 aromatic carbocycles. The molecule has 0 bridgehead atoms. The van der Waals surface area contributed by atoms with E-state index >= 15 is 0 Å². The summed E-state index contributed by atoms with van der Waals surface area (Å²) >= 11 is 4.76. The van der Waals surface area contributed by atoms with Gasteiger partial charge in [0.25, 0.3) is 0 Å². The van der Waals surface area contributed by atoms with Crippen molar-refractivity contribution in [3.63, 3.8) is 0 Å². The minimum Gasteiger partial charge on any atom is -0.317 e. The molecular weight excluding hydrogens is 326 g/mol. The van der Waals surface area contributed by atoms with E-state index < -0.39 is 0 Å². The molecule has 2 aromatic rings. The van der Waals surface area contributed by atoms with Crippen LogP contribution in [-0.2, 0) is 0 Å². The van der Waals surface area contributed by atoms with E-state index in [0.29, 0.717) is 5.92 Å². The second-order valence-corrected chi connectivity index (χ2v) is 6.14. The highest BCUT2D eigenvalue weighted by molar-refractivity contribution is 9.10. The summed E-state index contributed by atoms with van der Waals surface area (Å²) in [6.07, 6.45) is 4.00. The molecule has 0 amide bonds. The standard InChI is InChI=1S/C12H14BrN5S/c13-9-1-2-10(15-7-9)16-12-17-11(18-19-12)8-3-5-14-6-4-8/h1-2,7-8,14H,3-6H2,(H,15,16,17,18). The van der Waals surface area contributed by atoms with Crippen LogP contribution in [0.4, 0.5) is 10.9 Å². The van der Waals surface area contributed by atoms with Crippen LogP contribution < -0.4 is 10.6 Å². The number of nitrogens with one attached hydrogen (secondary N) is 2. The molecular formula is C12H14BrN5S. The van der Waals surface area contributed by atoms with Crippen molar-refractivity contribution in [2.45, 2.75) is 18.8 Å². The van der Waals surface area contributed by atoms with Gasteiger partial charge in [-0.25, -0.2) is 9.97 Å². The summed E-state index contributed by atoms with van der Waals surface area (Å²) in [4.78, 5) is 8.83. The molecule has 3 rings (SSSR count). The van der Waals surface area contributed by atoms with Crippen LogP contribution in [0.25, 0.3) is 0 Å². The van der Waals surface area contributed by atoms with Crippen molar-refractivity contribution in [2.24, 2.45) is 0 Å². The third-order valence-corrected chi connectivity index (χ3v) is 4.22. The molecule has 1 aliphatic heterocycles. The summed E-state index contributed by atoms with van der Waals surface area (Å²) in [6.45, 7) is 2.11. The zero-order valence-electron chi connectivity index (χ0n) is 10.3. The molecule has 100 valence electrons. The van der Waals surface area contributed by atoms with Crippen LogP contribution in [-0.4, -0.2) is 27.4 Å². The smallest absolute Gasteiger partial charge is 0.208 e. The Morgan fingerprint density at radius 1 is 1.32 bits per heavy atom. The Bertz CT molecular complexity index is 535. The normalized spacial score (nSPS) is 16.5. The van der Waals surface area contributed by atoms with E-state index in [-0.39, 0.29) is 0 Å². The first kappa shape index (κ1) is 13.0. The molecule has 5 nitrogen and oxygen atoms in total. The van der Waals surface area contributed by atoms with Crippen molar-refractivity contribution in [2.75, 3.05) is 18.4 Å². The Morgan fingerprint density at radius 2 is 2.16 bits per heavy atom. The Labute approximate surface area is 124 Å². The highest BCUT2D eigenvalue weighted by atomic mass is 79.9. The number of anilines is 2. The van der Waals surface area contributed by atoms with Gasteiger partial charge in [0, 0.05) is 28.1 Å². The molecule has 1 aliphatic rings. The number of rotatable bonds is 3. The third-order valence-electron chi connectivity index (χ3n) is 3.11. The van der Waals surface area contributed by atoms with Gasteiger partial charge in [-0.3, -0.25) is 0 Å². The fourth-order valence-corrected chi connectivity index (χ4v) is 2.98. The molecule has 7 heteroatoms. The van der Waals surface area contributed by atoms with Crippen LogP contribution in [0.2, 0.25) is 0 Å². The van der Waals surface area contributed by atoms with Crippen LogP contribution in [0, 0.1) is 0 Å². The molecule has 2 N–H and O–H groups in total. The molecule has 0 radical (unpaired) electrons. The van der Waals surface area contributed by atoms with Gasteiger partial charge in [-0.2, -0.15) is 4.37 Å². The van der Waals surface area contributed by atoms with Crippen LogP contribution in [0.1, 0.15) is 24.6 Å². The molecule has 1 fully saturated rings. The Hall–Kier alpha value is -1.05. The van der Waals surface area contributed by atoms with E-state index in [9.17, 15) is 0 Å². The van der Waals surface area contributed by atoms with Crippen molar-refractivity contribution < 1.29 is 0 Å². The Morgan fingerprint density at radius 3 is 2.89 bits per heavy atom. The zero-order valence-corrected chi connectivity index (χ0v) is 12.7. The summed E-state index contributed by atoms with van der Waals surface area (Å²) in [5, 5.41) is 7.35. The minimum atomic E-state index is 0.492. The van der Waals surface area contributed by atoms with Gasteiger partial charge in [0.1, 0.15) is 11.6 Å². The van der Waals surface area contributed by atoms with E-state index in [2.05, 4.69) is 40.9 Å². The van der Waals surface area contributed by atoms with Crippen LogP contribution in [0.5, 0.6) is 0 Å². The fourth-order valence-electron chi connectivity index (χ4n) is 2.09. The predicted octanol–water partition coefficient (Wildman–Crippen LogP) is 2.91. The minimum absolute atomic E-state index is 0.492. The van der Waals surface area contributed by atoms with Gasteiger partial charge in [0.2, 0.25) is 5.13 Å². The van der Waals surface area contributed by atoms with E-state index in [4.69, 9.17) is 0 Å². The highest BCUT2D eigenvalue weighted by Crippen LogP contribution is 2.26. The molecule has 1 saturated heterocycles. The summed E-state index contributed by atoms with van der Waals surface area (Å²) < 4.78 is 5.42. The van der Waals surface area contributed by atoms with E-state index in [0.717, 1.165) is 47.2 Å². The van der Waals surface area contributed by atoms with Crippen molar-refractivity contribution in [1.29, 1.82) is 0 Å². The van der Waals surface area contributed by atoms with E-state index in [1.807, 2.05) is 12.1 Å². The monoisotopic (exact) mass is 339 g/mol. The summed E-state index contributed by atoms with van der Waals surface area (Å²) in [7, 11) is 0. The number of halogens is 1. The van der Waals surface area contributed by atoms with Gasteiger partial charge in [0.15, 0.2) is 0 Å². The van der Waals surface area contributed by atoms with Gasteiger partial charge in [-0.15, -0.1) is 0 Å². The van der Waals surface area contributed by atoms with Gasteiger partial charge >= 0.3 is 0 Å². The highest BCUT2D eigenvalue weighted by Gasteiger charge is 2.19. The second-order valence-electron chi connectivity index (χ2n) is 4.47. The molecule has 0 saturated carbocycles. The summed E-state index contributed by atoms with van der Waals surface area (Å²) in [6, 6.07) is 3.86. The van der Waals surface area contributed by atoms with Crippen LogP contribution in [0.15, 0.2) is 22.8 Å². The number of piperidine rings is 1. The Kier molecular flexibility index (Phi) is 4.05. The maximum absolute atomic E-state index is 4.57. The van der Waals surface area contributed by atoms with Crippen LogP contribution in [0.3, 0.4) is 0 Å². The fraction of sp³-hybridized carbons (Fsp3) is 0.417. The molecule has 2 aromatic heterocycles. The van der Waals surface area contributed by atoms with Gasteiger partial charge in [0.05, 0.1) is 0 Å². The lowest BCUT2D eigenvalue weighted by Gasteiger charge is -2.19. The van der Waals surface area contributed by atoms with Crippen molar-refractivity contribution >= 4 is 38.4 Å². The number of nitrogens with zero attached hydrogens (tertiary/aromatic N) is 3. The second kappa shape index (κ2) is 5.94. The number of hydrogen-bond donors (Lipinski definition) is 2. The largest absolute Gasteiger partial charge is 0.317 e. The van der Waals surface area contributed by atoms with Crippen LogP contribution >= 0.6 is 27.5 Å². The average Bonchev–Trinajstić information content (AvgIpc) is 2.91. The first-order valence-corrected chi connectivity index (χ1v) is 7.81. The quantitative estimate of drug-likeness (QED) is 0.900. The molecule has 0 atom stereocenters. The lowest BCUT2D eigenvalue weighted by atomic mass is 9.98. The molecule has 0 unspecified atom stereocenters. The third kappa shape index (κ3) is 3.29. The Balaban J connectivity index is 1.68. The zero-order chi connectivity index (χ0) is 13.1. The predicted molar refractivity (Wildman–Crippen MR) is 80.0 cm³/mol. The van der Waals surface area contributed by atoms with Crippen molar-refractivity contribution in [3.8, 4) is 0 Å². The lowest BCUT2D eigenvalue weighted by molar-refractivity contribution is 0.448. The number of pyridine rings is 1. The number of hydrogen-bond acceptors (Lipinski definition) is 6. The molecule has 3 heterocycles. The topological polar surface area (TPSA) is 62.7 Å². The maximum Gasteiger partial charge on any atom is 0.208 e.